The Kier molecular flexibility index (Phi) is 6.80. The molecule has 22 heavy (non-hydrogen) atoms. The van der Waals surface area contributed by atoms with Gasteiger partial charge in [0, 0.05) is 21.7 Å². The highest BCUT2D eigenvalue weighted by Crippen LogP contribution is 2.18. The van der Waals surface area contributed by atoms with Crippen LogP contribution in [0.1, 0.15) is 6.92 Å². The molecule has 0 radical (unpaired) electrons. The molecule has 0 aliphatic rings. The second-order valence-corrected chi connectivity index (χ2v) is 6.75. The number of nitrogens with one attached hydrogen (secondary N) is 1. The van der Waals surface area contributed by atoms with Gasteiger partial charge in [-0.05, 0) is 43.3 Å². The van der Waals surface area contributed by atoms with Gasteiger partial charge in [0.25, 0.3) is 5.91 Å². The summed E-state index contributed by atoms with van der Waals surface area (Å²) < 4.78 is 6.59. The Balaban J connectivity index is 1.69. The number of amides is 1. The van der Waals surface area contributed by atoms with Crippen molar-refractivity contribution in [1.82, 2.24) is 5.32 Å². The van der Waals surface area contributed by atoms with E-state index in [-0.39, 0.29) is 5.91 Å². The first kappa shape index (κ1) is 16.9. The molecule has 5 heteroatoms. The van der Waals surface area contributed by atoms with Gasteiger partial charge in [-0.15, -0.1) is 11.8 Å². The molecule has 2 aromatic carbocycles. The Morgan fingerprint density at radius 3 is 2.55 bits per heavy atom. The zero-order valence-electron chi connectivity index (χ0n) is 12.3. The number of rotatable bonds is 7. The Labute approximate surface area is 143 Å². The van der Waals surface area contributed by atoms with Crippen LogP contribution in [0.3, 0.4) is 0 Å². The van der Waals surface area contributed by atoms with Gasteiger partial charge in [0.05, 0.1) is 0 Å². The van der Waals surface area contributed by atoms with Crippen molar-refractivity contribution in [2.24, 2.45) is 0 Å². The SMILES string of the molecule is C[C@H](Oc1ccc(Br)cc1)C(=O)NCCSc1ccccc1. The summed E-state index contributed by atoms with van der Waals surface area (Å²) in [5.41, 5.74) is 0. The molecule has 0 saturated carbocycles. The van der Waals surface area contributed by atoms with Crippen LogP contribution in [0.15, 0.2) is 64.0 Å². The van der Waals surface area contributed by atoms with E-state index in [1.54, 1.807) is 18.7 Å². The van der Waals surface area contributed by atoms with E-state index in [9.17, 15) is 4.79 Å². The van der Waals surface area contributed by atoms with Gasteiger partial charge in [0.2, 0.25) is 0 Å². The van der Waals surface area contributed by atoms with Crippen molar-refractivity contribution in [1.29, 1.82) is 0 Å². The lowest BCUT2D eigenvalue weighted by Gasteiger charge is -2.14. The van der Waals surface area contributed by atoms with Crippen LogP contribution in [0, 0.1) is 0 Å². The second kappa shape index (κ2) is 8.86. The maximum Gasteiger partial charge on any atom is 0.260 e. The summed E-state index contributed by atoms with van der Waals surface area (Å²) in [7, 11) is 0. The van der Waals surface area contributed by atoms with E-state index >= 15 is 0 Å². The number of hydrogen-bond acceptors (Lipinski definition) is 3. The first-order valence-corrected chi connectivity index (χ1v) is 8.81. The van der Waals surface area contributed by atoms with Crippen LogP contribution >= 0.6 is 27.7 Å². The van der Waals surface area contributed by atoms with Crippen LogP contribution in [0.4, 0.5) is 0 Å². The standard InChI is InChI=1S/C17H18BrNO2S/c1-13(21-15-9-7-14(18)8-10-15)17(20)19-11-12-22-16-5-3-2-4-6-16/h2-10,13H,11-12H2,1H3,(H,19,20)/t13-/m0/s1. The molecule has 116 valence electrons. The van der Waals surface area contributed by atoms with E-state index in [1.807, 2.05) is 42.5 Å². The van der Waals surface area contributed by atoms with Gasteiger partial charge in [0.15, 0.2) is 6.10 Å². The number of halogens is 1. The molecule has 0 saturated heterocycles. The molecule has 2 aromatic rings. The van der Waals surface area contributed by atoms with Crippen molar-refractivity contribution < 1.29 is 9.53 Å². The van der Waals surface area contributed by atoms with Crippen molar-refractivity contribution in [3.05, 3.63) is 59.1 Å². The fourth-order valence-corrected chi connectivity index (χ4v) is 2.83. The quantitative estimate of drug-likeness (QED) is 0.580. The first-order chi connectivity index (χ1) is 10.6. The third-order valence-corrected chi connectivity index (χ3v) is 4.45. The van der Waals surface area contributed by atoms with Crippen LogP contribution in [-0.2, 0) is 4.79 Å². The summed E-state index contributed by atoms with van der Waals surface area (Å²) in [5, 5.41) is 2.89. The van der Waals surface area contributed by atoms with Gasteiger partial charge in [-0.1, -0.05) is 34.1 Å². The average Bonchev–Trinajstić information content (AvgIpc) is 2.54. The molecule has 3 nitrogen and oxygen atoms in total. The Bertz CT molecular complexity index is 589. The van der Waals surface area contributed by atoms with Crippen molar-refractivity contribution in [2.45, 2.75) is 17.9 Å². The predicted molar refractivity (Wildman–Crippen MR) is 94.4 cm³/mol. The van der Waals surface area contributed by atoms with Gasteiger partial charge in [-0.25, -0.2) is 0 Å². The molecule has 0 aromatic heterocycles. The Morgan fingerprint density at radius 1 is 1.18 bits per heavy atom. The monoisotopic (exact) mass is 379 g/mol. The molecule has 0 bridgehead atoms. The predicted octanol–water partition coefficient (Wildman–Crippen LogP) is 4.12. The molecule has 1 atom stereocenters. The lowest BCUT2D eigenvalue weighted by molar-refractivity contribution is -0.127. The van der Waals surface area contributed by atoms with Gasteiger partial charge < -0.3 is 10.1 Å². The molecule has 1 amide bonds. The summed E-state index contributed by atoms with van der Waals surface area (Å²) in [6.07, 6.45) is -0.511. The molecule has 0 unspecified atom stereocenters. The lowest BCUT2D eigenvalue weighted by Crippen LogP contribution is -2.37. The van der Waals surface area contributed by atoms with E-state index in [0.717, 1.165) is 10.2 Å². The minimum Gasteiger partial charge on any atom is -0.481 e. The van der Waals surface area contributed by atoms with Crippen LogP contribution in [-0.4, -0.2) is 24.3 Å². The maximum atomic E-state index is 12.0. The summed E-state index contributed by atoms with van der Waals surface area (Å²) in [6.45, 7) is 2.37. The minimum atomic E-state index is -0.511. The van der Waals surface area contributed by atoms with Crippen LogP contribution < -0.4 is 10.1 Å². The molecule has 0 spiro atoms. The number of carbonyl (C=O) groups is 1. The fraction of sp³-hybridized carbons (Fsp3) is 0.235. The van der Waals surface area contributed by atoms with Crippen LogP contribution in [0.5, 0.6) is 5.75 Å². The van der Waals surface area contributed by atoms with Crippen molar-refractivity contribution in [3.63, 3.8) is 0 Å². The van der Waals surface area contributed by atoms with E-state index in [1.165, 1.54) is 4.90 Å². The molecule has 0 aliphatic carbocycles. The highest BCUT2D eigenvalue weighted by atomic mass is 79.9. The zero-order chi connectivity index (χ0) is 15.8. The third kappa shape index (κ3) is 5.73. The molecule has 0 heterocycles. The average molecular weight is 380 g/mol. The molecule has 0 aliphatic heterocycles. The molecule has 1 N–H and O–H groups in total. The van der Waals surface area contributed by atoms with Crippen LogP contribution in [0.2, 0.25) is 0 Å². The number of carbonyl (C=O) groups excluding carboxylic acids is 1. The largest absolute Gasteiger partial charge is 0.481 e. The molecule has 2 rings (SSSR count). The van der Waals surface area contributed by atoms with Crippen molar-refractivity contribution in [2.75, 3.05) is 12.3 Å². The number of benzene rings is 2. The normalized spacial score (nSPS) is 11.7. The van der Waals surface area contributed by atoms with E-state index in [2.05, 4.69) is 33.4 Å². The second-order valence-electron chi connectivity index (χ2n) is 4.67. The summed E-state index contributed by atoms with van der Waals surface area (Å²) in [4.78, 5) is 13.2. The van der Waals surface area contributed by atoms with Gasteiger partial charge in [-0.3, -0.25) is 4.79 Å². The van der Waals surface area contributed by atoms with E-state index in [4.69, 9.17) is 4.74 Å². The Hall–Kier alpha value is -1.46. The minimum absolute atomic E-state index is 0.100. The van der Waals surface area contributed by atoms with Crippen molar-refractivity contribution >= 4 is 33.6 Å². The fourth-order valence-electron chi connectivity index (χ4n) is 1.77. The van der Waals surface area contributed by atoms with Crippen LogP contribution in [0.25, 0.3) is 0 Å². The lowest BCUT2D eigenvalue weighted by atomic mass is 10.3. The van der Waals surface area contributed by atoms with Gasteiger partial charge >= 0.3 is 0 Å². The maximum absolute atomic E-state index is 12.0. The number of hydrogen-bond donors (Lipinski definition) is 1. The number of ether oxygens (including phenoxy) is 1. The highest BCUT2D eigenvalue weighted by molar-refractivity contribution is 9.10. The van der Waals surface area contributed by atoms with Gasteiger partial charge in [0.1, 0.15) is 5.75 Å². The van der Waals surface area contributed by atoms with Crippen molar-refractivity contribution in [3.8, 4) is 5.75 Å². The third-order valence-electron chi connectivity index (χ3n) is 2.91. The molecular formula is C17H18BrNO2S. The summed E-state index contributed by atoms with van der Waals surface area (Å²) in [5.74, 6) is 1.42. The van der Waals surface area contributed by atoms with E-state index < -0.39 is 6.10 Å². The smallest absolute Gasteiger partial charge is 0.260 e. The summed E-state index contributed by atoms with van der Waals surface area (Å²) >= 11 is 5.08. The van der Waals surface area contributed by atoms with E-state index in [0.29, 0.717) is 12.3 Å². The zero-order valence-corrected chi connectivity index (χ0v) is 14.7. The topological polar surface area (TPSA) is 38.3 Å². The molecule has 0 fully saturated rings. The first-order valence-electron chi connectivity index (χ1n) is 7.03. The molecular weight excluding hydrogens is 362 g/mol. The summed E-state index contributed by atoms with van der Waals surface area (Å²) in [6, 6.07) is 17.6. The number of thioether (sulfide) groups is 1. The Morgan fingerprint density at radius 2 is 1.86 bits per heavy atom. The highest BCUT2D eigenvalue weighted by Gasteiger charge is 2.13. The van der Waals surface area contributed by atoms with Gasteiger partial charge in [-0.2, -0.15) is 0 Å².